The molecule has 0 N–H and O–H groups in total. The lowest BCUT2D eigenvalue weighted by molar-refractivity contribution is -0.0400. The Bertz CT molecular complexity index is 322. The van der Waals surface area contributed by atoms with E-state index >= 15 is 0 Å². The highest BCUT2D eigenvalue weighted by Crippen LogP contribution is 2.50. The molecule has 1 saturated carbocycles. The molecule has 4 atom stereocenters. The van der Waals surface area contributed by atoms with Gasteiger partial charge in [-0.2, -0.15) is 0 Å². The third kappa shape index (κ3) is 6.44. The molecule has 110 valence electrons. The lowest BCUT2D eigenvalue weighted by Crippen LogP contribution is -2.33. The van der Waals surface area contributed by atoms with E-state index in [1.54, 1.807) is 0 Å². The van der Waals surface area contributed by atoms with Crippen molar-refractivity contribution < 1.29 is 18.3 Å². The van der Waals surface area contributed by atoms with E-state index in [0.717, 1.165) is 12.8 Å². The van der Waals surface area contributed by atoms with Gasteiger partial charge < -0.3 is 13.8 Å². The molecule has 19 heavy (non-hydrogen) atoms. The van der Waals surface area contributed by atoms with Crippen molar-refractivity contribution in [2.75, 3.05) is 6.66 Å². The molecule has 0 aromatic carbocycles. The first kappa shape index (κ1) is 17.2. The summed E-state index contributed by atoms with van der Waals surface area (Å²) in [6, 6.07) is 0. The predicted octanol–water partition coefficient (Wildman–Crippen LogP) is 3.55. The van der Waals surface area contributed by atoms with Crippen LogP contribution < -0.4 is 0 Å². The highest BCUT2D eigenvalue weighted by Gasteiger charge is 2.34. The smallest absolute Gasteiger partial charge is 0.328 e. The van der Waals surface area contributed by atoms with Crippen molar-refractivity contribution in [2.45, 2.75) is 77.2 Å². The monoisotopic (exact) mass is 288 g/mol. The second-order valence-electron chi connectivity index (χ2n) is 5.85. The average Bonchev–Trinajstić information content (AvgIpc) is 2.19. The number of ether oxygens (including phenoxy) is 1. The van der Waals surface area contributed by atoms with Crippen LogP contribution in [0.5, 0.6) is 0 Å². The van der Waals surface area contributed by atoms with Gasteiger partial charge in [0.15, 0.2) is 0 Å². The van der Waals surface area contributed by atoms with Gasteiger partial charge in [-0.15, -0.1) is 0 Å². The van der Waals surface area contributed by atoms with Gasteiger partial charge in [-0.1, -0.05) is 12.2 Å². The van der Waals surface area contributed by atoms with E-state index in [9.17, 15) is 4.57 Å². The van der Waals surface area contributed by atoms with Crippen LogP contribution in [0.25, 0.3) is 0 Å². The molecule has 0 aliphatic heterocycles. The summed E-state index contributed by atoms with van der Waals surface area (Å²) in [5.74, 6) is -0.101. The molecule has 0 spiro atoms. The fourth-order valence-corrected chi connectivity index (χ4v) is 3.95. The van der Waals surface area contributed by atoms with Gasteiger partial charge >= 0.3 is 7.60 Å². The van der Waals surface area contributed by atoms with Crippen LogP contribution in [0.1, 0.15) is 47.0 Å². The number of hydrogen-bond acceptors (Lipinski definition) is 4. The fourth-order valence-electron chi connectivity index (χ4n) is 2.40. The topological polar surface area (TPSA) is 44.8 Å². The highest BCUT2D eigenvalue weighted by atomic mass is 31.2. The van der Waals surface area contributed by atoms with Crippen molar-refractivity contribution in [2.24, 2.45) is 0 Å². The van der Waals surface area contributed by atoms with Gasteiger partial charge in [-0.25, -0.2) is 0 Å². The summed E-state index contributed by atoms with van der Waals surface area (Å²) in [6.45, 7) is 9.20. The zero-order valence-electron chi connectivity index (χ0n) is 12.7. The Kier molecular flexibility index (Phi) is 6.58. The largest absolute Gasteiger partial charge is 0.375 e. The molecule has 1 aliphatic carbocycles. The Morgan fingerprint density at radius 2 is 1.79 bits per heavy atom. The first-order chi connectivity index (χ1) is 8.69. The molecule has 0 aromatic heterocycles. The summed E-state index contributed by atoms with van der Waals surface area (Å²) < 4.78 is 29.0. The number of rotatable bonds is 6. The van der Waals surface area contributed by atoms with Crippen LogP contribution in [0.4, 0.5) is 0 Å². The first-order valence-electron chi connectivity index (χ1n) is 7.05. The molecule has 1 aliphatic rings. The van der Waals surface area contributed by atoms with E-state index in [0.29, 0.717) is 6.42 Å². The Labute approximate surface area is 118 Å². The third-order valence-corrected chi connectivity index (χ3v) is 4.45. The minimum Gasteiger partial charge on any atom is -0.375 e. The van der Waals surface area contributed by atoms with Crippen LogP contribution in [0.3, 0.4) is 0 Å². The second-order valence-corrected chi connectivity index (χ2v) is 7.82. The summed E-state index contributed by atoms with van der Waals surface area (Å²) in [5.41, 5.74) is 0. The highest BCUT2D eigenvalue weighted by molar-refractivity contribution is 7.53. The minimum atomic E-state index is -3.05. The molecule has 0 amide bonds. The van der Waals surface area contributed by atoms with E-state index in [-0.39, 0.29) is 30.2 Å². The van der Waals surface area contributed by atoms with E-state index in [1.807, 2.05) is 27.7 Å². The number of hydrogen-bond donors (Lipinski definition) is 0. The van der Waals surface area contributed by atoms with Crippen molar-refractivity contribution in [1.82, 2.24) is 0 Å². The Morgan fingerprint density at radius 1 is 1.16 bits per heavy atom. The van der Waals surface area contributed by atoms with Gasteiger partial charge in [0.2, 0.25) is 0 Å². The van der Waals surface area contributed by atoms with Gasteiger partial charge in [0, 0.05) is 6.66 Å². The van der Waals surface area contributed by atoms with E-state index in [4.69, 9.17) is 21.6 Å². The molecular weight excluding hydrogens is 262 g/mol. The molecular formula is C13H26BO4P. The standard InChI is InChI=1S/C13H26BO4P/c1-9(2)16-11-6-7-12(14)13(8-11)18-19(5,15)17-10(3)4/h9-13H,6-8H2,1-5H3. The zero-order valence-corrected chi connectivity index (χ0v) is 13.6. The van der Waals surface area contributed by atoms with Crippen molar-refractivity contribution >= 4 is 15.4 Å². The van der Waals surface area contributed by atoms with Crippen molar-refractivity contribution in [3.05, 3.63) is 0 Å². The van der Waals surface area contributed by atoms with Crippen molar-refractivity contribution in [3.8, 4) is 0 Å². The van der Waals surface area contributed by atoms with Crippen molar-refractivity contribution in [3.63, 3.8) is 0 Å². The third-order valence-electron chi connectivity index (χ3n) is 2.99. The van der Waals surface area contributed by atoms with Crippen LogP contribution in [0, 0.1) is 0 Å². The summed E-state index contributed by atoms with van der Waals surface area (Å²) in [6.07, 6.45) is 2.36. The van der Waals surface area contributed by atoms with Crippen LogP contribution in [0.2, 0.25) is 5.82 Å². The van der Waals surface area contributed by atoms with Gasteiger partial charge in [0.25, 0.3) is 0 Å². The fraction of sp³-hybridized carbons (Fsp3) is 1.00. The Morgan fingerprint density at radius 3 is 2.32 bits per heavy atom. The summed E-state index contributed by atoms with van der Waals surface area (Å²) in [5, 5.41) is 0. The van der Waals surface area contributed by atoms with Crippen molar-refractivity contribution in [1.29, 1.82) is 0 Å². The van der Waals surface area contributed by atoms with Crippen LogP contribution in [0.15, 0.2) is 0 Å². The first-order valence-corrected chi connectivity index (χ1v) is 9.04. The summed E-state index contributed by atoms with van der Waals surface area (Å²) in [7, 11) is 3.00. The predicted molar refractivity (Wildman–Crippen MR) is 78.0 cm³/mol. The maximum absolute atomic E-state index is 12.2. The van der Waals surface area contributed by atoms with Crippen LogP contribution in [-0.2, 0) is 18.3 Å². The molecule has 4 unspecified atom stereocenters. The lowest BCUT2D eigenvalue weighted by Gasteiger charge is -2.36. The molecule has 0 heterocycles. The lowest BCUT2D eigenvalue weighted by atomic mass is 9.72. The van der Waals surface area contributed by atoms with Gasteiger partial charge in [0.1, 0.15) is 0 Å². The molecule has 2 radical (unpaired) electrons. The molecule has 0 saturated heterocycles. The Hall–Kier alpha value is 0.175. The molecule has 1 rings (SSSR count). The van der Waals surface area contributed by atoms with E-state index < -0.39 is 7.60 Å². The van der Waals surface area contributed by atoms with Crippen LogP contribution in [-0.4, -0.2) is 38.9 Å². The zero-order chi connectivity index (χ0) is 14.6. The Balaban J connectivity index is 2.57. The van der Waals surface area contributed by atoms with Gasteiger partial charge in [-0.05, 0) is 40.5 Å². The maximum atomic E-state index is 12.2. The normalized spacial score (nSPS) is 31.6. The quantitative estimate of drug-likeness (QED) is 0.554. The molecule has 0 aromatic rings. The SMILES string of the molecule is [B]C1CCC(OC(C)C)CC1OP(C)(=O)OC(C)C. The van der Waals surface area contributed by atoms with E-state index in [2.05, 4.69) is 0 Å². The molecule has 6 heteroatoms. The second kappa shape index (κ2) is 7.26. The van der Waals surface area contributed by atoms with Gasteiger partial charge in [0.05, 0.1) is 32.3 Å². The molecule has 4 nitrogen and oxygen atoms in total. The minimum absolute atomic E-state index is 0.101. The average molecular weight is 288 g/mol. The van der Waals surface area contributed by atoms with Crippen LogP contribution >= 0.6 is 7.60 Å². The van der Waals surface area contributed by atoms with E-state index in [1.165, 1.54) is 6.66 Å². The van der Waals surface area contributed by atoms with Gasteiger partial charge in [-0.3, -0.25) is 4.57 Å². The molecule has 1 fully saturated rings. The summed E-state index contributed by atoms with van der Waals surface area (Å²) >= 11 is 0. The molecule has 0 bridgehead atoms. The maximum Gasteiger partial charge on any atom is 0.328 e. The summed E-state index contributed by atoms with van der Waals surface area (Å²) in [4.78, 5) is 0.